The zero-order chi connectivity index (χ0) is 13.4. The molecule has 1 aromatic rings. The Labute approximate surface area is 114 Å². The minimum atomic E-state index is 0.559. The largest absolute Gasteiger partial charge is 0.374 e. The predicted octanol–water partition coefficient (Wildman–Crippen LogP) is 1.67. The third kappa shape index (κ3) is 5.29. The highest BCUT2D eigenvalue weighted by Gasteiger charge is 2.08. The minimum absolute atomic E-state index is 0.559. The van der Waals surface area contributed by atoms with Gasteiger partial charge in [0.25, 0.3) is 0 Å². The molecule has 1 rings (SSSR count). The summed E-state index contributed by atoms with van der Waals surface area (Å²) < 4.78 is 0. The molecular formula is C12H25N5S. The van der Waals surface area contributed by atoms with Crippen LogP contribution in [0.25, 0.3) is 0 Å². The van der Waals surface area contributed by atoms with E-state index in [2.05, 4.69) is 40.8 Å². The number of hydrogen-bond acceptors (Lipinski definition) is 6. The molecule has 0 aliphatic rings. The average Bonchev–Trinajstić information content (AvgIpc) is 2.78. The summed E-state index contributed by atoms with van der Waals surface area (Å²) in [6.45, 7) is 13.1. The van der Waals surface area contributed by atoms with Crippen LogP contribution in [0, 0.1) is 0 Å². The molecule has 0 radical (unpaired) electrons. The number of aromatic nitrogens is 2. The van der Waals surface area contributed by atoms with Gasteiger partial charge in [0, 0.05) is 0 Å². The molecule has 0 saturated carbocycles. The van der Waals surface area contributed by atoms with E-state index in [4.69, 9.17) is 5.73 Å². The van der Waals surface area contributed by atoms with Crippen LogP contribution in [0.4, 0.5) is 5.13 Å². The standard InChI is InChI=1S/C12H25N5S/c1-4-16(5-2)8-7-9-17(6-3)10-11-14-15-12(13)18-11/h4-10H2,1-3H3,(H2,13,15). The van der Waals surface area contributed by atoms with Gasteiger partial charge < -0.3 is 10.6 Å². The summed E-state index contributed by atoms with van der Waals surface area (Å²) in [5, 5.41) is 9.49. The summed E-state index contributed by atoms with van der Waals surface area (Å²) in [7, 11) is 0. The molecular weight excluding hydrogens is 246 g/mol. The first-order valence-corrected chi connectivity index (χ1v) is 7.53. The molecule has 0 saturated heterocycles. The highest BCUT2D eigenvalue weighted by atomic mass is 32.1. The number of anilines is 1. The molecule has 0 atom stereocenters. The van der Waals surface area contributed by atoms with Crippen LogP contribution < -0.4 is 5.73 Å². The fourth-order valence-corrected chi connectivity index (χ4v) is 2.58. The first-order chi connectivity index (χ1) is 8.69. The quantitative estimate of drug-likeness (QED) is 0.740. The second-order valence-electron chi connectivity index (χ2n) is 4.28. The maximum atomic E-state index is 5.59. The Morgan fingerprint density at radius 2 is 1.61 bits per heavy atom. The van der Waals surface area contributed by atoms with Gasteiger partial charge in [0.15, 0.2) is 0 Å². The van der Waals surface area contributed by atoms with Crippen molar-refractivity contribution in [1.82, 2.24) is 20.0 Å². The van der Waals surface area contributed by atoms with Crippen LogP contribution in [-0.2, 0) is 6.54 Å². The van der Waals surface area contributed by atoms with Crippen molar-refractivity contribution >= 4 is 16.5 Å². The van der Waals surface area contributed by atoms with E-state index in [1.165, 1.54) is 24.3 Å². The Morgan fingerprint density at radius 3 is 2.11 bits per heavy atom. The summed E-state index contributed by atoms with van der Waals surface area (Å²) in [6.07, 6.45) is 1.20. The number of nitrogens with two attached hydrogens (primary N) is 1. The van der Waals surface area contributed by atoms with Gasteiger partial charge in [-0.3, -0.25) is 4.90 Å². The first kappa shape index (κ1) is 15.3. The van der Waals surface area contributed by atoms with Crippen LogP contribution in [0.1, 0.15) is 32.2 Å². The Hall–Kier alpha value is -0.720. The summed E-state index contributed by atoms with van der Waals surface area (Å²) in [4.78, 5) is 4.85. The van der Waals surface area contributed by atoms with Gasteiger partial charge in [-0.05, 0) is 39.1 Å². The van der Waals surface area contributed by atoms with Crippen molar-refractivity contribution in [3.05, 3.63) is 5.01 Å². The third-order valence-electron chi connectivity index (χ3n) is 3.13. The van der Waals surface area contributed by atoms with Gasteiger partial charge in [-0.2, -0.15) is 0 Å². The highest BCUT2D eigenvalue weighted by Crippen LogP contribution is 2.13. The molecule has 0 aromatic carbocycles. The smallest absolute Gasteiger partial charge is 0.203 e. The Balaban J connectivity index is 2.29. The molecule has 2 N–H and O–H groups in total. The van der Waals surface area contributed by atoms with E-state index in [-0.39, 0.29) is 0 Å². The zero-order valence-corrected chi connectivity index (χ0v) is 12.5. The summed E-state index contributed by atoms with van der Waals surface area (Å²) in [5.41, 5.74) is 5.59. The Kier molecular flexibility index (Phi) is 7.15. The van der Waals surface area contributed by atoms with Crippen LogP contribution in [0.3, 0.4) is 0 Å². The van der Waals surface area contributed by atoms with E-state index in [1.54, 1.807) is 0 Å². The topological polar surface area (TPSA) is 58.3 Å². The van der Waals surface area contributed by atoms with Crippen molar-refractivity contribution in [2.24, 2.45) is 0 Å². The normalized spacial score (nSPS) is 11.6. The van der Waals surface area contributed by atoms with Crippen LogP contribution in [-0.4, -0.2) is 52.7 Å². The molecule has 0 bridgehead atoms. The average molecular weight is 271 g/mol. The molecule has 1 aromatic heterocycles. The van der Waals surface area contributed by atoms with Crippen LogP contribution in [0.5, 0.6) is 0 Å². The molecule has 104 valence electrons. The van der Waals surface area contributed by atoms with Crippen molar-refractivity contribution in [2.45, 2.75) is 33.7 Å². The maximum Gasteiger partial charge on any atom is 0.203 e. The third-order valence-corrected chi connectivity index (χ3v) is 3.87. The van der Waals surface area contributed by atoms with Gasteiger partial charge >= 0.3 is 0 Å². The molecule has 0 aliphatic carbocycles. The summed E-state index contributed by atoms with van der Waals surface area (Å²) >= 11 is 1.48. The van der Waals surface area contributed by atoms with Gasteiger partial charge in [-0.15, -0.1) is 10.2 Å². The van der Waals surface area contributed by atoms with Crippen molar-refractivity contribution in [1.29, 1.82) is 0 Å². The lowest BCUT2D eigenvalue weighted by atomic mass is 10.3. The number of hydrogen-bond donors (Lipinski definition) is 1. The van der Waals surface area contributed by atoms with Crippen LogP contribution in [0.2, 0.25) is 0 Å². The summed E-state index contributed by atoms with van der Waals surface area (Å²) in [5.74, 6) is 0. The molecule has 1 heterocycles. The second-order valence-corrected chi connectivity index (χ2v) is 5.38. The van der Waals surface area contributed by atoms with Gasteiger partial charge in [0.2, 0.25) is 5.13 Å². The molecule has 18 heavy (non-hydrogen) atoms. The number of rotatable bonds is 9. The molecule has 0 fully saturated rings. The lowest BCUT2D eigenvalue weighted by Gasteiger charge is -2.22. The Bertz CT molecular complexity index is 324. The monoisotopic (exact) mass is 271 g/mol. The van der Waals surface area contributed by atoms with E-state index in [9.17, 15) is 0 Å². The fraction of sp³-hybridized carbons (Fsp3) is 0.833. The van der Waals surface area contributed by atoms with E-state index in [0.29, 0.717) is 5.13 Å². The molecule has 0 unspecified atom stereocenters. The number of nitrogen functional groups attached to an aromatic ring is 1. The maximum absolute atomic E-state index is 5.59. The van der Waals surface area contributed by atoms with Crippen LogP contribution >= 0.6 is 11.3 Å². The molecule has 0 spiro atoms. The van der Waals surface area contributed by atoms with Crippen molar-refractivity contribution in [2.75, 3.05) is 38.5 Å². The van der Waals surface area contributed by atoms with Crippen molar-refractivity contribution < 1.29 is 0 Å². The Morgan fingerprint density at radius 1 is 1.00 bits per heavy atom. The van der Waals surface area contributed by atoms with Crippen molar-refractivity contribution in [3.8, 4) is 0 Å². The molecule has 0 aliphatic heterocycles. The van der Waals surface area contributed by atoms with E-state index >= 15 is 0 Å². The SMILES string of the molecule is CCN(CC)CCCN(CC)Cc1nnc(N)s1. The van der Waals surface area contributed by atoms with E-state index < -0.39 is 0 Å². The molecule has 0 amide bonds. The van der Waals surface area contributed by atoms with E-state index in [0.717, 1.165) is 37.7 Å². The summed E-state index contributed by atoms with van der Waals surface area (Å²) in [6, 6.07) is 0. The van der Waals surface area contributed by atoms with Crippen molar-refractivity contribution in [3.63, 3.8) is 0 Å². The highest BCUT2D eigenvalue weighted by molar-refractivity contribution is 7.15. The fourth-order valence-electron chi connectivity index (χ4n) is 1.93. The zero-order valence-electron chi connectivity index (χ0n) is 11.7. The van der Waals surface area contributed by atoms with Gasteiger partial charge in [0.05, 0.1) is 6.54 Å². The first-order valence-electron chi connectivity index (χ1n) is 6.72. The second kappa shape index (κ2) is 8.39. The number of nitrogens with zero attached hydrogens (tertiary/aromatic N) is 4. The molecule has 6 heteroatoms. The molecule has 5 nitrogen and oxygen atoms in total. The van der Waals surface area contributed by atoms with Gasteiger partial charge in [0.1, 0.15) is 5.01 Å². The van der Waals surface area contributed by atoms with Gasteiger partial charge in [-0.1, -0.05) is 32.1 Å². The lowest BCUT2D eigenvalue weighted by molar-refractivity contribution is 0.238. The predicted molar refractivity (Wildman–Crippen MR) is 77.7 cm³/mol. The lowest BCUT2D eigenvalue weighted by Crippen LogP contribution is -2.29. The van der Waals surface area contributed by atoms with E-state index in [1.807, 2.05) is 0 Å². The van der Waals surface area contributed by atoms with Crippen LogP contribution in [0.15, 0.2) is 0 Å². The minimum Gasteiger partial charge on any atom is -0.374 e. The van der Waals surface area contributed by atoms with Gasteiger partial charge in [-0.25, -0.2) is 0 Å².